The Morgan fingerprint density at radius 1 is 1.11 bits per heavy atom. The summed E-state index contributed by atoms with van der Waals surface area (Å²) in [6.45, 7) is 1.92. The molecular formula is C22H32ClN3O2. The van der Waals surface area contributed by atoms with Crippen LogP contribution in [0.25, 0.3) is 0 Å². The van der Waals surface area contributed by atoms with E-state index >= 15 is 0 Å². The second-order valence-electron chi connectivity index (χ2n) is 8.30. The van der Waals surface area contributed by atoms with Crippen LogP contribution in [-0.4, -0.2) is 28.8 Å². The average molecular weight is 406 g/mol. The number of nitrogens with zero attached hydrogens (tertiary/aromatic N) is 1. The van der Waals surface area contributed by atoms with E-state index in [9.17, 15) is 9.59 Å². The largest absolute Gasteiger partial charge is 0.334 e. The number of carbonyl (C=O) groups is 2. The van der Waals surface area contributed by atoms with Gasteiger partial charge in [-0.25, -0.2) is 0 Å². The number of nitrogens with one attached hydrogen (secondary N) is 1. The van der Waals surface area contributed by atoms with Crippen LogP contribution < -0.4 is 11.1 Å². The Balaban J connectivity index is 1.86. The Bertz CT molecular complexity index is 703. The van der Waals surface area contributed by atoms with Crippen molar-refractivity contribution < 1.29 is 9.59 Å². The Hall–Kier alpha value is -1.59. The molecule has 2 saturated carbocycles. The molecule has 2 aliphatic carbocycles. The third kappa shape index (κ3) is 5.26. The van der Waals surface area contributed by atoms with Gasteiger partial charge in [-0.2, -0.15) is 0 Å². The molecule has 3 rings (SSSR count). The lowest BCUT2D eigenvalue weighted by molar-refractivity contribution is -0.141. The van der Waals surface area contributed by atoms with Gasteiger partial charge in [-0.05, 0) is 49.4 Å². The zero-order chi connectivity index (χ0) is 20.1. The molecule has 6 heteroatoms. The predicted octanol–water partition coefficient (Wildman–Crippen LogP) is 4.48. The molecule has 0 aliphatic heterocycles. The van der Waals surface area contributed by atoms with Crippen LogP contribution in [0.5, 0.6) is 0 Å². The molecule has 0 radical (unpaired) electrons. The zero-order valence-corrected chi connectivity index (χ0v) is 17.5. The maximum atomic E-state index is 13.5. The fraction of sp³-hybridized carbons (Fsp3) is 0.636. The molecule has 0 spiro atoms. The first-order valence-corrected chi connectivity index (χ1v) is 11.0. The molecule has 1 aromatic carbocycles. The summed E-state index contributed by atoms with van der Waals surface area (Å²) < 4.78 is 0. The molecule has 1 aromatic rings. The van der Waals surface area contributed by atoms with E-state index in [1.54, 1.807) is 12.1 Å². The van der Waals surface area contributed by atoms with Crippen LogP contribution in [-0.2, 0) is 16.1 Å². The van der Waals surface area contributed by atoms with Gasteiger partial charge in [0.1, 0.15) is 0 Å². The van der Waals surface area contributed by atoms with Crippen LogP contribution >= 0.6 is 11.6 Å². The minimum Gasteiger partial charge on any atom is -0.334 e. The molecule has 28 heavy (non-hydrogen) atoms. The van der Waals surface area contributed by atoms with E-state index < -0.39 is 0 Å². The highest BCUT2D eigenvalue weighted by atomic mass is 35.5. The van der Waals surface area contributed by atoms with Crippen LogP contribution in [0.3, 0.4) is 0 Å². The van der Waals surface area contributed by atoms with Crippen molar-refractivity contribution in [2.24, 2.45) is 11.7 Å². The van der Waals surface area contributed by atoms with Crippen molar-refractivity contribution in [3.05, 3.63) is 28.8 Å². The number of amides is 2. The summed E-state index contributed by atoms with van der Waals surface area (Å²) in [4.78, 5) is 26.9. The van der Waals surface area contributed by atoms with Crippen molar-refractivity contribution in [2.75, 3.05) is 5.32 Å². The van der Waals surface area contributed by atoms with E-state index in [1.807, 2.05) is 11.0 Å². The highest BCUT2D eigenvalue weighted by molar-refractivity contribution is 6.31. The molecule has 3 N–H and O–H groups in total. The van der Waals surface area contributed by atoms with Gasteiger partial charge in [-0.1, -0.05) is 43.7 Å². The van der Waals surface area contributed by atoms with E-state index in [0.717, 1.165) is 56.9 Å². The van der Waals surface area contributed by atoms with Gasteiger partial charge in [-0.15, -0.1) is 0 Å². The molecular weight excluding hydrogens is 374 g/mol. The molecule has 0 aromatic heterocycles. The molecule has 2 atom stereocenters. The maximum absolute atomic E-state index is 13.5. The second-order valence-corrected chi connectivity index (χ2v) is 8.71. The quantitative estimate of drug-likeness (QED) is 0.758. The van der Waals surface area contributed by atoms with Crippen molar-refractivity contribution >= 4 is 29.1 Å². The number of carbonyl (C=O) groups excluding carboxylic acids is 2. The van der Waals surface area contributed by atoms with Gasteiger partial charge in [0, 0.05) is 42.2 Å². The number of anilines is 1. The summed E-state index contributed by atoms with van der Waals surface area (Å²) in [6.07, 6.45) is 9.54. The van der Waals surface area contributed by atoms with Gasteiger partial charge in [0.2, 0.25) is 11.8 Å². The fourth-order valence-electron chi connectivity index (χ4n) is 4.63. The minimum atomic E-state index is -0.127. The molecule has 0 bridgehead atoms. The van der Waals surface area contributed by atoms with Crippen molar-refractivity contribution in [2.45, 2.75) is 83.3 Å². The molecule has 2 amide bonds. The summed E-state index contributed by atoms with van der Waals surface area (Å²) >= 11 is 6.46. The summed E-state index contributed by atoms with van der Waals surface area (Å²) in [5, 5.41) is 3.41. The van der Waals surface area contributed by atoms with Crippen molar-refractivity contribution in [1.29, 1.82) is 0 Å². The predicted molar refractivity (Wildman–Crippen MR) is 113 cm³/mol. The molecule has 5 nitrogen and oxygen atoms in total. The summed E-state index contributed by atoms with van der Waals surface area (Å²) in [5.74, 6) is 0.195. The van der Waals surface area contributed by atoms with Crippen molar-refractivity contribution in [3.63, 3.8) is 0 Å². The summed E-state index contributed by atoms with van der Waals surface area (Å²) in [6, 6.07) is 5.51. The highest BCUT2D eigenvalue weighted by Gasteiger charge is 2.35. The van der Waals surface area contributed by atoms with Gasteiger partial charge >= 0.3 is 0 Å². The van der Waals surface area contributed by atoms with Crippen LogP contribution in [0.1, 0.15) is 70.3 Å². The molecule has 0 heterocycles. The smallest absolute Gasteiger partial charge is 0.226 e. The third-order valence-electron chi connectivity index (χ3n) is 6.13. The van der Waals surface area contributed by atoms with Gasteiger partial charge in [0.25, 0.3) is 0 Å². The highest BCUT2D eigenvalue weighted by Crippen LogP contribution is 2.32. The fourth-order valence-corrected chi connectivity index (χ4v) is 4.81. The SMILES string of the molecule is CC(=O)Nc1ccc(Cl)c(CN(C(=O)C2CCCCC2)C2CCCCC2N)c1. The maximum Gasteiger partial charge on any atom is 0.226 e. The zero-order valence-electron chi connectivity index (χ0n) is 16.8. The average Bonchev–Trinajstić information content (AvgIpc) is 2.69. The standard InChI is InChI=1S/C22H32ClN3O2/c1-15(27)25-18-11-12-19(23)17(13-18)14-26(21-10-6-5-9-20(21)24)22(28)16-7-3-2-4-8-16/h11-13,16,20-21H,2-10,14,24H2,1H3,(H,25,27). The number of hydrogen-bond acceptors (Lipinski definition) is 3. The van der Waals surface area contributed by atoms with E-state index in [-0.39, 0.29) is 29.8 Å². The minimum absolute atomic E-state index is 0.0126. The van der Waals surface area contributed by atoms with E-state index in [0.29, 0.717) is 17.3 Å². The number of benzene rings is 1. The van der Waals surface area contributed by atoms with Crippen LogP contribution in [0.2, 0.25) is 5.02 Å². The lowest BCUT2D eigenvalue weighted by atomic mass is 9.85. The Morgan fingerprint density at radius 3 is 2.46 bits per heavy atom. The number of hydrogen-bond donors (Lipinski definition) is 2. The van der Waals surface area contributed by atoms with Crippen LogP contribution in [0.15, 0.2) is 18.2 Å². The lowest BCUT2D eigenvalue weighted by Gasteiger charge is -2.41. The first-order chi connectivity index (χ1) is 13.5. The lowest BCUT2D eigenvalue weighted by Crippen LogP contribution is -2.53. The summed E-state index contributed by atoms with van der Waals surface area (Å²) in [5.41, 5.74) is 8.01. The summed E-state index contributed by atoms with van der Waals surface area (Å²) in [7, 11) is 0. The molecule has 0 saturated heterocycles. The normalized spacial score (nSPS) is 23.2. The van der Waals surface area contributed by atoms with Crippen LogP contribution in [0, 0.1) is 5.92 Å². The number of rotatable bonds is 5. The van der Waals surface area contributed by atoms with Gasteiger partial charge in [0.05, 0.1) is 0 Å². The Labute approximate surface area is 173 Å². The third-order valence-corrected chi connectivity index (χ3v) is 6.49. The molecule has 154 valence electrons. The molecule has 2 aliphatic rings. The van der Waals surface area contributed by atoms with Crippen molar-refractivity contribution in [1.82, 2.24) is 4.90 Å². The second kappa shape index (κ2) is 9.75. The van der Waals surface area contributed by atoms with E-state index in [4.69, 9.17) is 17.3 Å². The monoisotopic (exact) mass is 405 g/mol. The number of halogens is 1. The topological polar surface area (TPSA) is 75.4 Å². The van der Waals surface area contributed by atoms with Crippen LogP contribution in [0.4, 0.5) is 5.69 Å². The first-order valence-electron chi connectivity index (χ1n) is 10.6. The van der Waals surface area contributed by atoms with Crippen molar-refractivity contribution in [3.8, 4) is 0 Å². The van der Waals surface area contributed by atoms with Gasteiger partial charge in [-0.3, -0.25) is 9.59 Å². The Morgan fingerprint density at radius 2 is 1.79 bits per heavy atom. The Kier molecular flexibility index (Phi) is 7.36. The molecule has 2 fully saturated rings. The van der Waals surface area contributed by atoms with E-state index in [2.05, 4.69) is 5.32 Å². The van der Waals surface area contributed by atoms with Gasteiger partial charge < -0.3 is 16.0 Å². The number of nitrogens with two attached hydrogens (primary N) is 1. The van der Waals surface area contributed by atoms with E-state index in [1.165, 1.54) is 13.3 Å². The molecule has 2 unspecified atom stereocenters. The van der Waals surface area contributed by atoms with Gasteiger partial charge in [0.15, 0.2) is 0 Å². The first kappa shape index (κ1) is 21.1.